The number of rotatable bonds is 2. The maximum absolute atomic E-state index is 10.1. The molecule has 8 heavy (non-hydrogen) atoms. The van der Waals surface area contributed by atoms with E-state index in [1.807, 2.05) is 0 Å². The number of hydrogen-bond acceptors (Lipinski definition) is 2. The Balaban J connectivity index is 3.55. The molecule has 0 aromatic rings. The zero-order valence-electron chi connectivity index (χ0n) is 4.69. The van der Waals surface area contributed by atoms with Gasteiger partial charge >= 0.3 is 0 Å². The molecule has 0 fully saturated rings. The topological polar surface area (TPSA) is 53.0 Å². The Labute approximate surface area is 47.9 Å². The third-order valence-corrected chi connectivity index (χ3v) is 0.511. The molecule has 0 atom stereocenters. The van der Waals surface area contributed by atoms with E-state index >= 15 is 0 Å². The van der Waals surface area contributed by atoms with Crippen LogP contribution in [0.3, 0.4) is 0 Å². The fraction of sp³-hybridized carbons (Fsp3) is 0.200. The number of carbonyl (C=O) groups excluding carboxylic acids is 1. The predicted octanol–water partition coefficient (Wildman–Crippen LogP) is 0.286. The van der Waals surface area contributed by atoms with Gasteiger partial charge in [-0.05, 0) is 0 Å². The molecule has 44 valence electrons. The van der Waals surface area contributed by atoms with Gasteiger partial charge in [-0.15, -0.1) is 0 Å². The van der Waals surface area contributed by atoms with Crippen LogP contribution >= 0.6 is 0 Å². The van der Waals surface area contributed by atoms with Crippen molar-refractivity contribution < 1.29 is 4.79 Å². The molecule has 0 bridgehead atoms. The van der Waals surface area contributed by atoms with E-state index in [0.717, 1.165) is 6.21 Å². The Hall–Kier alpha value is -1.12. The maximum Gasteiger partial charge on any atom is 0.221 e. The van der Waals surface area contributed by atoms with Gasteiger partial charge in [-0.1, -0.05) is 6.58 Å². The van der Waals surface area contributed by atoms with Gasteiger partial charge in [0, 0.05) is 13.1 Å². The molecule has 0 aliphatic rings. The van der Waals surface area contributed by atoms with Crippen LogP contribution in [0.2, 0.25) is 0 Å². The highest BCUT2D eigenvalue weighted by Crippen LogP contribution is 1.73. The highest BCUT2D eigenvalue weighted by Gasteiger charge is 1.88. The Kier molecular flexibility index (Phi) is 2.54. The summed E-state index contributed by atoms with van der Waals surface area (Å²) in [5.41, 5.74) is 0.317. The quantitative estimate of drug-likeness (QED) is 0.495. The first-order chi connectivity index (χ1) is 3.66. The minimum absolute atomic E-state index is 0.196. The van der Waals surface area contributed by atoms with Crippen LogP contribution in [0, 0.1) is 5.41 Å². The van der Waals surface area contributed by atoms with Crippen LogP contribution in [0.15, 0.2) is 12.3 Å². The zero-order chi connectivity index (χ0) is 6.57. The molecule has 0 spiro atoms. The van der Waals surface area contributed by atoms with E-state index in [9.17, 15) is 4.79 Å². The van der Waals surface area contributed by atoms with E-state index in [4.69, 9.17) is 5.41 Å². The number of carbonyl (C=O) groups is 1. The molecule has 0 aromatic heterocycles. The van der Waals surface area contributed by atoms with E-state index in [1.165, 1.54) is 6.92 Å². The van der Waals surface area contributed by atoms with Crippen LogP contribution in [0.5, 0.6) is 0 Å². The molecule has 0 saturated carbocycles. The molecule has 0 radical (unpaired) electrons. The van der Waals surface area contributed by atoms with Gasteiger partial charge in [-0.3, -0.25) is 4.79 Å². The molecule has 0 heterocycles. The number of nitrogens with one attached hydrogen (secondary N) is 2. The van der Waals surface area contributed by atoms with Crippen molar-refractivity contribution in [2.24, 2.45) is 0 Å². The highest BCUT2D eigenvalue weighted by molar-refractivity contribution is 5.84. The van der Waals surface area contributed by atoms with Crippen LogP contribution in [-0.2, 0) is 4.79 Å². The fourth-order valence-corrected chi connectivity index (χ4v) is 0.262. The monoisotopic (exact) mass is 112 g/mol. The highest BCUT2D eigenvalue weighted by atomic mass is 16.1. The molecule has 3 nitrogen and oxygen atoms in total. The van der Waals surface area contributed by atoms with E-state index in [-0.39, 0.29) is 5.91 Å². The Bertz CT molecular complexity index is 128. The molecular weight excluding hydrogens is 104 g/mol. The van der Waals surface area contributed by atoms with Crippen LogP contribution in [0.25, 0.3) is 0 Å². The molecule has 3 heteroatoms. The molecule has 0 saturated heterocycles. The summed E-state index contributed by atoms with van der Waals surface area (Å²) in [6.45, 7) is 4.71. The lowest BCUT2D eigenvalue weighted by molar-refractivity contribution is -0.118. The summed E-state index contributed by atoms with van der Waals surface area (Å²) in [4.78, 5) is 10.1. The zero-order valence-corrected chi connectivity index (χ0v) is 4.69. The molecule has 1 amide bonds. The van der Waals surface area contributed by atoms with E-state index < -0.39 is 0 Å². The SMILES string of the molecule is C=C(C=N)NC(C)=O. The lowest BCUT2D eigenvalue weighted by Crippen LogP contribution is -2.18. The third-order valence-electron chi connectivity index (χ3n) is 0.511. The van der Waals surface area contributed by atoms with E-state index in [1.54, 1.807) is 0 Å². The lowest BCUT2D eigenvalue weighted by Gasteiger charge is -1.94. The minimum atomic E-state index is -0.196. The molecule has 0 unspecified atom stereocenters. The summed E-state index contributed by atoms with van der Waals surface area (Å²) in [5.74, 6) is -0.196. The normalized spacial score (nSPS) is 7.62. The summed E-state index contributed by atoms with van der Waals surface area (Å²) in [5, 5.41) is 8.88. The molecule has 0 aliphatic heterocycles. The van der Waals surface area contributed by atoms with Crippen molar-refractivity contribution in [3.05, 3.63) is 12.3 Å². The fourth-order valence-electron chi connectivity index (χ4n) is 0.262. The van der Waals surface area contributed by atoms with Crippen LogP contribution in [0.4, 0.5) is 0 Å². The van der Waals surface area contributed by atoms with Gasteiger partial charge in [-0.25, -0.2) is 0 Å². The van der Waals surface area contributed by atoms with Gasteiger partial charge in [-0.2, -0.15) is 0 Å². The average Bonchev–Trinajstić information content (AvgIpc) is 1.65. The van der Waals surface area contributed by atoms with Gasteiger partial charge < -0.3 is 10.7 Å². The Morgan fingerprint density at radius 1 is 1.88 bits per heavy atom. The first kappa shape index (κ1) is 6.88. The molecule has 0 aliphatic carbocycles. The second kappa shape index (κ2) is 2.96. The average molecular weight is 112 g/mol. The summed E-state index contributed by atoms with van der Waals surface area (Å²) >= 11 is 0. The van der Waals surface area contributed by atoms with Gasteiger partial charge in [0.05, 0.1) is 5.70 Å². The van der Waals surface area contributed by atoms with Crippen LogP contribution in [-0.4, -0.2) is 12.1 Å². The second-order valence-corrected chi connectivity index (χ2v) is 1.35. The first-order valence-corrected chi connectivity index (χ1v) is 2.14. The smallest absolute Gasteiger partial charge is 0.221 e. The summed E-state index contributed by atoms with van der Waals surface area (Å²) in [7, 11) is 0. The van der Waals surface area contributed by atoms with Crippen LogP contribution in [0.1, 0.15) is 6.92 Å². The number of amides is 1. The second-order valence-electron chi connectivity index (χ2n) is 1.35. The van der Waals surface area contributed by atoms with E-state index in [2.05, 4.69) is 11.9 Å². The van der Waals surface area contributed by atoms with Crippen molar-refractivity contribution in [1.29, 1.82) is 5.41 Å². The maximum atomic E-state index is 10.1. The molecular formula is C5H8N2O. The third kappa shape index (κ3) is 3.08. The lowest BCUT2D eigenvalue weighted by atomic mass is 10.5. The number of hydrogen-bond donors (Lipinski definition) is 2. The molecule has 2 N–H and O–H groups in total. The van der Waals surface area contributed by atoms with Crippen molar-refractivity contribution in [1.82, 2.24) is 5.32 Å². The summed E-state index contributed by atoms with van der Waals surface area (Å²) in [6, 6.07) is 0. The Morgan fingerprint density at radius 3 is 2.50 bits per heavy atom. The van der Waals surface area contributed by atoms with Gasteiger partial charge in [0.2, 0.25) is 5.91 Å². The van der Waals surface area contributed by atoms with Gasteiger partial charge in [0.15, 0.2) is 0 Å². The van der Waals surface area contributed by atoms with Crippen molar-refractivity contribution in [2.45, 2.75) is 6.92 Å². The predicted molar refractivity (Wildman–Crippen MR) is 31.7 cm³/mol. The van der Waals surface area contributed by atoms with Crippen molar-refractivity contribution in [2.75, 3.05) is 0 Å². The first-order valence-electron chi connectivity index (χ1n) is 2.14. The standard InChI is InChI=1S/C5H8N2O/c1-4(3-6)7-5(2)8/h3,6H,1H2,2H3,(H,7,8). The molecule has 0 rings (SSSR count). The van der Waals surface area contributed by atoms with Crippen molar-refractivity contribution in [3.63, 3.8) is 0 Å². The van der Waals surface area contributed by atoms with Crippen molar-refractivity contribution >= 4 is 12.1 Å². The van der Waals surface area contributed by atoms with Gasteiger partial charge in [0.25, 0.3) is 0 Å². The van der Waals surface area contributed by atoms with Gasteiger partial charge in [0.1, 0.15) is 0 Å². The van der Waals surface area contributed by atoms with Crippen molar-refractivity contribution in [3.8, 4) is 0 Å². The van der Waals surface area contributed by atoms with Crippen LogP contribution < -0.4 is 5.32 Å². The Morgan fingerprint density at radius 2 is 2.38 bits per heavy atom. The molecule has 0 aromatic carbocycles. The summed E-state index contributed by atoms with van der Waals surface area (Å²) in [6.07, 6.45) is 0.988. The number of allylic oxidation sites excluding steroid dienone is 1. The largest absolute Gasteiger partial charge is 0.325 e. The van der Waals surface area contributed by atoms with E-state index in [0.29, 0.717) is 5.70 Å². The minimum Gasteiger partial charge on any atom is -0.325 e. The summed E-state index contributed by atoms with van der Waals surface area (Å²) < 4.78 is 0.